The van der Waals surface area contributed by atoms with Crippen LogP contribution in [0, 0.1) is 11.8 Å². The van der Waals surface area contributed by atoms with Crippen LogP contribution < -0.4 is 0 Å². The Bertz CT molecular complexity index is 978. The number of hydrogen-bond donors (Lipinski definition) is 1. The molecule has 1 N–H and O–H groups in total. The summed E-state index contributed by atoms with van der Waals surface area (Å²) in [6.45, 7) is 0. The fourth-order valence-corrected chi connectivity index (χ4v) is 2.38. The molecule has 0 aliphatic heterocycles. The first kappa shape index (κ1) is 11.9. The Morgan fingerprint density at radius 1 is 1.00 bits per heavy atom. The Morgan fingerprint density at radius 2 is 1.90 bits per heavy atom. The second-order valence-corrected chi connectivity index (χ2v) is 4.63. The van der Waals surface area contributed by atoms with Crippen LogP contribution in [0.15, 0.2) is 42.9 Å². The smallest absolute Gasteiger partial charge is 0.213 e. The van der Waals surface area contributed by atoms with Crippen molar-refractivity contribution in [1.29, 1.82) is 0 Å². The summed E-state index contributed by atoms with van der Waals surface area (Å²) < 4.78 is 27.0. The minimum atomic E-state index is -0.742. The first-order valence-corrected chi connectivity index (χ1v) is 6.26. The third-order valence-corrected chi connectivity index (χ3v) is 3.36. The highest BCUT2D eigenvalue weighted by atomic mass is 19.1. The quantitative estimate of drug-likeness (QED) is 0.544. The standard InChI is InChI=1S/C15H8F2N4/c16-11-7-19-14(17)5-9(11)12-2-1-8-10-6-18-4-3-13(10)21-15(8)20-12/h1-7H,(H,20,21)/i16+0,17-1. The van der Waals surface area contributed by atoms with Gasteiger partial charge in [0, 0.05) is 34.8 Å². The maximum absolute atomic E-state index is 13.8. The predicted molar refractivity (Wildman–Crippen MR) is 74.5 cm³/mol. The molecule has 4 heterocycles. The molecule has 4 aromatic heterocycles. The largest absolute Gasteiger partial charge is 0.339 e. The van der Waals surface area contributed by atoms with Crippen molar-refractivity contribution in [3.05, 3.63) is 54.6 Å². The second kappa shape index (κ2) is 4.31. The molecule has 0 saturated heterocycles. The van der Waals surface area contributed by atoms with E-state index in [0.717, 1.165) is 28.6 Å². The third kappa shape index (κ3) is 1.84. The second-order valence-electron chi connectivity index (χ2n) is 4.63. The molecule has 0 atom stereocenters. The molecule has 0 bridgehead atoms. The van der Waals surface area contributed by atoms with Crippen LogP contribution in [0.25, 0.3) is 33.2 Å². The van der Waals surface area contributed by atoms with Crippen LogP contribution in [0.5, 0.6) is 0 Å². The highest BCUT2D eigenvalue weighted by Gasteiger charge is 2.11. The molecule has 0 fully saturated rings. The zero-order valence-electron chi connectivity index (χ0n) is 10.6. The number of nitrogens with one attached hydrogen (secondary N) is 1. The van der Waals surface area contributed by atoms with Crippen LogP contribution in [0.1, 0.15) is 0 Å². The Morgan fingerprint density at radius 3 is 2.81 bits per heavy atom. The zero-order valence-corrected chi connectivity index (χ0v) is 10.6. The summed E-state index contributed by atoms with van der Waals surface area (Å²) >= 11 is 0. The van der Waals surface area contributed by atoms with Crippen LogP contribution in [0.3, 0.4) is 0 Å². The Hall–Kier alpha value is -2.89. The van der Waals surface area contributed by atoms with Crippen molar-refractivity contribution in [3.63, 3.8) is 0 Å². The highest BCUT2D eigenvalue weighted by molar-refractivity contribution is 6.05. The molecule has 0 aromatic carbocycles. The molecular weight excluding hydrogens is 273 g/mol. The molecule has 21 heavy (non-hydrogen) atoms. The molecule has 4 aromatic rings. The Kier molecular flexibility index (Phi) is 2.44. The molecule has 0 amide bonds. The van der Waals surface area contributed by atoms with Crippen molar-refractivity contribution in [2.45, 2.75) is 0 Å². The molecule has 4 nitrogen and oxygen atoms in total. The highest BCUT2D eigenvalue weighted by Crippen LogP contribution is 2.27. The van der Waals surface area contributed by atoms with Crippen molar-refractivity contribution in [2.75, 3.05) is 0 Å². The normalized spacial score (nSPS) is 11.3. The number of H-pyrrole nitrogens is 1. The monoisotopic (exact) mass is 281 g/mol. The maximum atomic E-state index is 13.8. The van der Waals surface area contributed by atoms with Crippen LogP contribution >= 0.6 is 0 Å². The van der Waals surface area contributed by atoms with Gasteiger partial charge in [0.1, 0.15) is 5.65 Å². The van der Waals surface area contributed by atoms with E-state index < -0.39 is 11.8 Å². The summed E-state index contributed by atoms with van der Waals surface area (Å²) in [5.41, 5.74) is 1.93. The number of pyridine rings is 3. The number of halogens is 2. The summed E-state index contributed by atoms with van der Waals surface area (Å²) in [6.07, 6.45) is 4.27. The van der Waals surface area contributed by atoms with Crippen molar-refractivity contribution < 1.29 is 8.78 Å². The number of aromatic nitrogens is 4. The van der Waals surface area contributed by atoms with Gasteiger partial charge in [-0.25, -0.2) is 14.4 Å². The van der Waals surface area contributed by atoms with Gasteiger partial charge in [0.15, 0.2) is 5.82 Å². The summed E-state index contributed by atoms with van der Waals surface area (Å²) in [6, 6.07) is 6.34. The van der Waals surface area contributed by atoms with E-state index in [1.54, 1.807) is 18.5 Å². The molecule has 102 valence electrons. The Labute approximate surface area is 117 Å². The SMILES string of the molecule is [18F]c1cc(-c2ccc3c(n2)[nH]c2ccncc23)c([19F])cn1. The molecular formula is C15H8F2N4. The van der Waals surface area contributed by atoms with Gasteiger partial charge in [0.05, 0.1) is 17.4 Å². The van der Waals surface area contributed by atoms with Gasteiger partial charge in [-0.15, -0.1) is 0 Å². The zero-order chi connectivity index (χ0) is 14.4. The molecule has 0 aliphatic carbocycles. The van der Waals surface area contributed by atoms with E-state index in [2.05, 4.69) is 19.9 Å². The molecule has 0 aliphatic rings. The minimum Gasteiger partial charge on any atom is -0.339 e. The number of hydrogen-bond acceptors (Lipinski definition) is 3. The Balaban J connectivity index is 1.98. The molecule has 0 saturated carbocycles. The molecule has 4 rings (SSSR count). The van der Waals surface area contributed by atoms with E-state index in [4.69, 9.17) is 0 Å². The van der Waals surface area contributed by atoms with Gasteiger partial charge in [-0.3, -0.25) is 4.98 Å². The van der Waals surface area contributed by atoms with Crippen molar-refractivity contribution >= 4 is 21.9 Å². The van der Waals surface area contributed by atoms with Gasteiger partial charge in [0.25, 0.3) is 0 Å². The van der Waals surface area contributed by atoms with Crippen LogP contribution in [0.4, 0.5) is 8.78 Å². The summed E-state index contributed by atoms with van der Waals surface area (Å²) in [7, 11) is 0. The van der Waals surface area contributed by atoms with Gasteiger partial charge in [-0.1, -0.05) is 0 Å². The summed E-state index contributed by atoms with van der Waals surface area (Å²) in [5, 5.41) is 1.82. The average Bonchev–Trinajstić information content (AvgIpc) is 2.87. The van der Waals surface area contributed by atoms with Gasteiger partial charge < -0.3 is 4.98 Å². The first-order chi connectivity index (χ1) is 10.2. The van der Waals surface area contributed by atoms with Gasteiger partial charge in [-0.2, -0.15) is 4.39 Å². The first-order valence-electron chi connectivity index (χ1n) is 6.26. The van der Waals surface area contributed by atoms with E-state index in [1.807, 2.05) is 12.1 Å². The molecule has 0 radical (unpaired) electrons. The van der Waals surface area contributed by atoms with E-state index in [9.17, 15) is 8.78 Å². The molecule has 0 spiro atoms. The minimum absolute atomic E-state index is 0.0844. The van der Waals surface area contributed by atoms with Crippen molar-refractivity contribution in [2.24, 2.45) is 0 Å². The van der Waals surface area contributed by atoms with Crippen molar-refractivity contribution in [1.82, 2.24) is 19.9 Å². The lowest BCUT2D eigenvalue weighted by atomic mass is 10.1. The fourth-order valence-electron chi connectivity index (χ4n) is 2.38. The number of fused-ring (bicyclic) bond motifs is 3. The average molecular weight is 281 g/mol. The number of nitrogens with zero attached hydrogens (tertiary/aromatic N) is 3. The fraction of sp³-hybridized carbons (Fsp3) is 0. The summed E-state index contributed by atoms with van der Waals surface area (Å²) in [4.78, 5) is 14.9. The third-order valence-electron chi connectivity index (χ3n) is 3.36. The molecule has 0 unspecified atom stereocenters. The van der Waals surface area contributed by atoms with Crippen LogP contribution in [-0.4, -0.2) is 19.9 Å². The van der Waals surface area contributed by atoms with E-state index in [-0.39, 0.29) is 5.56 Å². The predicted octanol–water partition coefficient (Wildman–Crippen LogP) is 3.45. The lowest BCUT2D eigenvalue weighted by molar-refractivity contribution is 0.562. The van der Waals surface area contributed by atoms with E-state index >= 15 is 0 Å². The maximum Gasteiger partial charge on any atom is 0.213 e. The van der Waals surface area contributed by atoms with Gasteiger partial charge in [-0.05, 0) is 18.2 Å². The topological polar surface area (TPSA) is 54.5 Å². The van der Waals surface area contributed by atoms with Crippen LogP contribution in [0.2, 0.25) is 0 Å². The molecule has 6 heteroatoms. The van der Waals surface area contributed by atoms with Gasteiger partial charge >= 0.3 is 0 Å². The van der Waals surface area contributed by atoms with E-state index in [1.165, 1.54) is 0 Å². The van der Waals surface area contributed by atoms with E-state index in [0.29, 0.717) is 11.3 Å². The summed E-state index contributed by atoms with van der Waals surface area (Å²) in [5.74, 6) is -1.35. The lowest BCUT2D eigenvalue weighted by Crippen LogP contribution is -1.92. The number of aromatic amines is 1. The number of rotatable bonds is 1. The van der Waals surface area contributed by atoms with Crippen LogP contribution in [-0.2, 0) is 0 Å². The lowest BCUT2D eigenvalue weighted by Gasteiger charge is -2.02. The van der Waals surface area contributed by atoms with Gasteiger partial charge in [0.2, 0.25) is 5.95 Å². The van der Waals surface area contributed by atoms with Crippen molar-refractivity contribution in [3.8, 4) is 11.3 Å².